The Labute approximate surface area is 196 Å². The molecule has 1 aromatic heterocycles. The largest absolute Gasteiger partial charge is 0.357 e. The van der Waals surface area contributed by atoms with E-state index in [0.717, 1.165) is 49.7 Å². The number of rotatable bonds is 9. The molecule has 0 aliphatic rings. The van der Waals surface area contributed by atoms with Crippen LogP contribution in [0.1, 0.15) is 53.4 Å². The molecule has 5 nitrogen and oxygen atoms in total. The van der Waals surface area contributed by atoms with Crippen LogP contribution in [-0.2, 0) is 19.5 Å². The summed E-state index contributed by atoms with van der Waals surface area (Å²) in [4.78, 5) is 21.6. The maximum absolute atomic E-state index is 12.4. The second kappa shape index (κ2) is 13.6. The predicted octanol–water partition coefficient (Wildman–Crippen LogP) is 4.67. The highest BCUT2D eigenvalue weighted by Crippen LogP contribution is 2.16. The second-order valence-electron chi connectivity index (χ2n) is 6.44. The zero-order valence-corrected chi connectivity index (χ0v) is 21.0. The molecule has 0 saturated heterocycles. The summed E-state index contributed by atoms with van der Waals surface area (Å²) in [5, 5.41) is 6.68. The molecule has 0 unspecified atom stereocenters. The van der Waals surface area contributed by atoms with E-state index in [9.17, 15) is 4.79 Å². The third-order valence-electron chi connectivity index (χ3n) is 4.51. The molecular formula is C22H33IN4OS. The number of hydrogen-bond donors (Lipinski definition) is 2. The Hall–Kier alpha value is -1.61. The van der Waals surface area contributed by atoms with Crippen molar-refractivity contribution < 1.29 is 4.79 Å². The van der Waals surface area contributed by atoms with Crippen LogP contribution in [0.25, 0.3) is 0 Å². The van der Waals surface area contributed by atoms with E-state index >= 15 is 0 Å². The van der Waals surface area contributed by atoms with Gasteiger partial charge in [-0.3, -0.25) is 4.79 Å². The molecule has 0 radical (unpaired) electrons. The van der Waals surface area contributed by atoms with Gasteiger partial charge in [0.15, 0.2) is 5.96 Å². The van der Waals surface area contributed by atoms with Gasteiger partial charge in [-0.15, -0.1) is 35.3 Å². The quantitative estimate of drug-likeness (QED) is 0.283. The summed E-state index contributed by atoms with van der Waals surface area (Å²) in [5.74, 6) is 0.884. The second-order valence-corrected chi connectivity index (χ2v) is 7.70. The molecule has 2 aromatic rings. The summed E-state index contributed by atoms with van der Waals surface area (Å²) in [6.07, 6.45) is 1.07. The predicted molar refractivity (Wildman–Crippen MR) is 134 cm³/mol. The number of thiophene rings is 1. The standard InChI is InChI=1S/C22H32N4OS.HI/c1-5-19-13-14-20(28-19)16-25-22(23-6-2)24-15-17-9-11-18(12-10-17)21(27)26(7-3)8-4;/h9-14H,5-8,15-16H2,1-4H3,(H2,23,24,25);1H. The zero-order valence-electron chi connectivity index (χ0n) is 17.8. The van der Waals surface area contributed by atoms with Crippen LogP contribution in [0, 0.1) is 0 Å². The minimum atomic E-state index is 0. The zero-order chi connectivity index (χ0) is 20.4. The number of guanidine groups is 1. The lowest BCUT2D eigenvalue weighted by molar-refractivity contribution is 0.0773. The van der Waals surface area contributed by atoms with Crippen LogP contribution in [0.5, 0.6) is 0 Å². The molecule has 2 N–H and O–H groups in total. The number of nitrogens with one attached hydrogen (secondary N) is 2. The average molecular weight is 529 g/mol. The van der Waals surface area contributed by atoms with Gasteiger partial charge in [0, 0.05) is 35.0 Å². The van der Waals surface area contributed by atoms with E-state index < -0.39 is 0 Å². The van der Waals surface area contributed by atoms with Crippen LogP contribution < -0.4 is 10.6 Å². The highest BCUT2D eigenvalue weighted by Gasteiger charge is 2.11. The smallest absolute Gasteiger partial charge is 0.253 e. The summed E-state index contributed by atoms with van der Waals surface area (Å²) in [7, 11) is 0. The van der Waals surface area contributed by atoms with Gasteiger partial charge < -0.3 is 15.5 Å². The van der Waals surface area contributed by atoms with Crippen molar-refractivity contribution in [3.63, 3.8) is 0 Å². The van der Waals surface area contributed by atoms with Crippen LogP contribution in [0.4, 0.5) is 0 Å². The molecule has 0 aliphatic carbocycles. The van der Waals surface area contributed by atoms with Gasteiger partial charge in [-0.2, -0.15) is 0 Å². The molecule has 0 saturated carbocycles. The Morgan fingerprint density at radius 1 is 0.966 bits per heavy atom. The molecule has 1 aromatic carbocycles. The summed E-state index contributed by atoms with van der Waals surface area (Å²) >= 11 is 1.84. The van der Waals surface area contributed by atoms with Gasteiger partial charge in [-0.25, -0.2) is 4.99 Å². The third kappa shape index (κ3) is 7.97. The Bertz CT molecular complexity index is 769. The van der Waals surface area contributed by atoms with Crippen molar-refractivity contribution in [3.8, 4) is 0 Å². The maximum atomic E-state index is 12.4. The molecule has 160 valence electrons. The van der Waals surface area contributed by atoms with Gasteiger partial charge in [0.05, 0.1) is 13.1 Å². The first-order chi connectivity index (χ1) is 13.6. The number of halogens is 1. The van der Waals surface area contributed by atoms with Crippen molar-refractivity contribution in [2.75, 3.05) is 19.6 Å². The maximum Gasteiger partial charge on any atom is 0.253 e. The highest BCUT2D eigenvalue weighted by molar-refractivity contribution is 14.0. The molecule has 0 bridgehead atoms. The molecule has 7 heteroatoms. The van der Waals surface area contributed by atoms with Crippen molar-refractivity contribution in [2.45, 2.75) is 47.2 Å². The number of nitrogens with zero attached hydrogens (tertiary/aromatic N) is 2. The number of aliphatic imine (C=N–C) groups is 1. The van der Waals surface area contributed by atoms with Gasteiger partial charge >= 0.3 is 0 Å². The molecular weight excluding hydrogens is 495 g/mol. The van der Waals surface area contributed by atoms with Crippen molar-refractivity contribution in [1.82, 2.24) is 15.5 Å². The summed E-state index contributed by atoms with van der Waals surface area (Å²) < 4.78 is 0. The van der Waals surface area contributed by atoms with Gasteiger partial charge in [0.2, 0.25) is 0 Å². The molecule has 2 rings (SSSR count). The Morgan fingerprint density at radius 2 is 1.62 bits per heavy atom. The fraction of sp³-hybridized carbons (Fsp3) is 0.455. The first-order valence-corrected chi connectivity index (χ1v) is 10.9. The van der Waals surface area contributed by atoms with E-state index in [1.165, 1.54) is 9.75 Å². The van der Waals surface area contributed by atoms with Gasteiger partial charge in [0.1, 0.15) is 0 Å². The lowest BCUT2D eigenvalue weighted by Crippen LogP contribution is -2.36. The third-order valence-corrected chi connectivity index (χ3v) is 5.74. The first kappa shape index (κ1) is 25.4. The molecule has 0 spiro atoms. The van der Waals surface area contributed by atoms with Crippen LogP contribution in [0.2, 0.25) is 0 Å². The number of amides is 1. The average Bonchev–Trinajstić information content (AvgIpc) is 3.19. The van der Waals surface area contributed by atoms with Gasteiger partial charge in [-0.05, 0) is 57.0 Å². The minimum Gasteiger partial charge on any atom is -0.357 e. The van der Waals surface area contributed by atoms with E-state index in [2.05, 4.69) is 41.6 Å². The number of carbonyl (C=O) groups excluding carboxylic acids is 1. The normalized spacial score (nSPS) is 11.0. The molecule has 29 heavy (non-hydrogen) atoms. The fourth-order valence-corrected chi connectivity index (χ4v) is 3.73. The van der Waals surface area contributed by atoms with E-state index in [-0.39, 0.29) is 29.9 Å². The fourth-order valence-electron chi connectivity index (χ4n) is 2.84. The summed E-state index contributed by atoms with van der Waals surface area (Å²) in [5.41, 5.74) is 1.81. The van der Waals surface area contributed by atoms with E-state index in [1.54, 1.807) is 0 Å². The van der Waals surface area contributed by atoms with Crippen LogP contribution in [-0.4, -0.2) is 36.4 Å². The lowest BCUT2D eigenvalue weighted by atomic mass is 10.1. The molecule has 0 aliphatic heterocycles. The number of benzene rings is 1. The van der Waals surface area contributed by atoms with Gasteiger partial charge in [-0.1, -0.05) is 19.1 Å². The van der Waals surface area contributed by atoms with Crippen molar-refractivity contribution in [3.05, 3.63) is 57.3 Å². The van der Waals surface area contributed by atoms with E-state index in [0.29, 0.717) is 6.54 Å². The van der Waals surface area contributed by atoms with Crippen molar-refractivity contribution in [1.29, 1.82) is 0 Å². The topological polar surface area (TPSA) is 56.7 Å². The van der Waals surface area contributed by atoms with Crippen LogP contribution in [0.15, 0.2) is 41.4 Å². The Morgan fingerprint density at radius 3 is 2.17 bits per heavy atom. The monoisotopic (exact) mass is 528 g/mol. The Balaban J connectivity index is 0.00000420. The van der Waals surface area contributed by atoms with E-state index in [1.807, 2.05) is 54.3 Å². The number of aryl methyl sites for hydroxylation is 1. The molecule has 1 amide bonds. The summed E-state index contributed by atoms with van der Waals surface area (Å²) in [6, 6.07) is 12.1. The van der Waals surface area contributed by atoms with Crippen LogP contribution >= 0.6 is 35.3 Å². The molecule has 1 heterocycles. The highest BCUT2D eigenvalue weighted by atomic mass is 127. The minimum absolute atomic E-state index is 0. The van der Waals surface area contributed by atoms with Crippen molar-refractivity contribution in [2.24, 2.45) is 4.99 Å². The number of carbonyl (C=O) groups is 1. The van der Waals surface area contributed by atoms with Crippen LogP contribution in [0.3, 0.4) is 0 Å². The molecule has 0 atom stereocenters. The van der Waals surface area contributed by atoms with E-state index in [4.69, 9.17) is 0 Å². The SMILES string of the molecule is CCNC(=NCc1ccc(C(=O)N(CC)CC)cc1)NCc1ccc(CC)s1.I. The van der Waals surface area contributed by atoms with Crippen molar-refractivity contribution >= 4 is 47.2 Å². The Kier molecular flexibility index (Phi) is 11.9. The number of hydrogen-bond acceptors (Lipinski definition) is 3. The summed E-state index contributed by atoms with van der Waals surface area (Å²) in [6.45, 7) is 11.8. The first-order valence-electron chi connectivity index (χ1n) is 10.1. The van der Waals surface area contributed by atoms with Gasteiger partial charge in [0.25, 0.3) is 5.91 Å². The molecule has 0 fully saturated rings. The lowest BCUT2D eigenvalue weighted by Gasteiger charge is -2.18.